The first-order valence-corrected chi connectivity index (χ1v) is 6.30. The molecule has 0 aliphatic rings. The number of pyridine rings is 1. The topological polar surface area (TPSA) is 101 Å². The highest BCUT2D eigenvalue weighted by Crippen LogP contribution is 2.10. The van der Waals surface area contributed by atoms with Crippen molar-refractivity contribution < 1.29 is 23.1 Å². The molecule has 0 aliphatic heterocycles. The average molecular weight is 257 g/mol. The zero-order chi connectivity index (χ0) is 13.2. The zero-order valence-corrected chi connectivity index (χ0v) is 10.1. The van der Waals surface area contributed by atoms with Gasteiger partial charge >= 0.3 is 5.97 Å². The van der Waals surface area contributed by atoms with E-state index in [1.165, 1.54) is 32.0 Å². The number of carboxylic acid groups (broad SMARTS) is 1. The van der Waals surface area contributed by atoms with E-state index < -0.39 is 26.2 Å². The van der Waals surface area contributed by atoms with Crippen LogP contribution in [-0.4, -0.2) is 34.8 Å². The number of aromatic carboxylic acids is 1. The van der Waals surface area contributed by atoms with Gasteiger partial charge in [-0.2, -0.15) is 0 Å². The van der Waals surface area contributed by atoms with Crippen LogP contribution in [-0.2, 0) is 9.84 Å². The molecule has 7 heteroatoms. The molecular weight excluding hydrogens is 246 g/mol. The van der Waals surface area contributed by atoms with E-state index in [0.717, 1.165) is 0 Å². The highest BCUT2D eigenvalue weighted by molar-refractivity contribution is 8.07. The van der Waals surface area contributed by atoms with Gasteiger partial charge in [-0.1, -0.05) is 6.07 Å². The molecule has 0 spiro atoms. The fraction of sp³-hybridized carbons (Fsp3) is 0.300. The van der Waals surface area contributed by atoms with Crippen molar-refractivity contribution in [1.82, 2.24) is 4.98 Å². The summed E-state index contributed by atoms with van der Waals surface area (Å²) in [5.74, 6) is -1.32. The van der Waals surface area contributed by atoms with E-state index in [4.69, 9.17) is 5.11 Å². The van der Waals surface area contributed by atoms with Crippen molar-refractivity contribution in [3.8, 4) is 0 Å². The van der Waals surface area contributed by atoms with Gasteiger partial charge in [0.25, 0.3) is 5.12 Å². The van der Waals surface area contributed by atoms with E-state index in [-0.39, 0.29) is 11.4 Å². The first kappa shape index (κ1) is 13.3. The summed E-state index contributed by atoms with van der Waals surface area (Å²) in [5.41, 5.74) is -0.742. The first-order chi connectivity index (χ1) is 7.76. The number of carboxylic acids is 1. The molecule has 0 saturated carbocycles. The van der Waals surface area contributed by atoms with E-state index in [2.05, 4.69) is 4.98 Å². The largest absolute Gasteiger partial charge is 0.477 e. The Morgan fingerprint density at radius 3 is 2.24 bits per heavy atom. The molecule has 6 nitrogen and oxygen atoms in total. The van der Waals surface area contributed by atoms with Gasteiger partial charge in [-0.3, -0.25) is 4.79 Å². The number of hydrogen-bond acceptors (Lipinski definition) is 5. The Morgan fingerprint density at radius 1 is 1.24 bits per heavy atom. The number of carbonyl (C=O) groups excluding carboxylic acids is 1. The van der Waals surface area contributed by atoms with Crippen LogP contribution in [0, 0.1) is 0 Å². The van der Waals surface area contributed by atoms with Gasteiger partial charge in [-0.05, 0) is 26.0 Å². The molecule has 1 heterocycles. The van der Waals surface area contributed by atoms with Crippen LogP contribution in [0.3, 0.4) is 0 Å². The Morgan fingerprint density at radius 2 is 1.76 bits per heavy atom. The van der Waals surface area contributed by atoms with Crippen LogP contribution < -0.4 is 0 Å². The highest BCUT2D eigenvalue weighted by atomic mass is 32.2. The van der Waals surface area contributed by atoms with Crippen molar-refractivity contribution in [2.75, 3.05) is 0 Å². The molecular formula is C10H11NO5S. The summed E-state index contributed by atoms with van der Waals surface area (Å²) in [6.45, 7) is 2.74. The second-order valence-electron chi connectivity index (χ2n) is 3.59. The Balaban J connectivity index is 3.23. The van der Waals surface area contributed by atoms with Gasteiger partial charge in [0.1, 0.15) is 11.4 Å². The maximum Gasteiger partial charge on any atom is 0.354 e. The van der Waals surface area contributed by atoms with Gasteiger partial charge in [0.15, 0.2) is 0 Å². The number of nitrogens with zero attached hydrogens (tertiary/aromatic N) is 1. The molecule has 1 aromatic rings. The molecule has 17 heavy (non-hydrogen) atoms. The van der Waals surface area contributed by atoms with Gasteiger partial charge in [0, 0.05) is 0 Å². The van der Waals surface area contributed by atoms with Crippen molar-refractivity contribution in [1.29, 1.82) is 0 Å². The minimum Gasteiger partial charge on any atom is -0.477 e. The second-order valence-corrected chi connectivity index (χ2v) is 6.00. The van der Waals surface area contributed by atoms with Crippen LogP contribution in [0.1, 0.15) is 34.8 Å². The molecule has 0 bridgehead atoms. The van der Waals surface area contributed by atoms with Gasteiger partial charge in [0.2, 0.25) is 9.84 Å². The summed E-state index contributed by atoms with van der Waals surface area (Å²) < 4.78 is 23.1. The normalized spacial score (nSPS) is 11.5. The van der Waals surface area contributed by atoms with Gasteiger partial charge in [0.05, 0.1) is 5.25 Å². The van der Waals surface area contributed by atoms with Gasteiger partial charge in [-0.15, -0.1) is 0 Å². The van der Waals surface area contributed by atoms with Crippen molar-refractivity contribution >= 4 is 20.9 Å². The lowest BCUT2D eigenvalue weighted by Crippen LogP contribution is -2.25. The quantitative estimate of drug-likeness (QED) is 0.857. The molecule has 0 amide bonds. The van der Waals surface area contributed by atoms with Crippen LogP contribution in [0.4, 0.5) is 0 Å². The van der Waals surface area contributed by atoms with Crippen LogP contribution in [0.5, 0.6) is 0 Å². The lowest BCUT2D eigenvalue weighted by molar-refractivity contribution is 0.0690. The summed E-state index contributed by atoms with van der Waals surface area (Å²) in [7, 11) is -3.97. The molecule has 92 valence electrons. The predicted octanol–water partition coefficient (Wildman–Crippen LogP) is 0.743. The van der Waals surface area contributed by atoms with Crippen LogP contribution in [0.15, 0.2) is 18.2 Å². The maximum atomic E-state index is 11.6. The van der Waals surface area contributed by atoms with Gasteiger partial charge in [-0.25, -0.2) is 18.2 Å². The Kier molecular flexibility index (Phi) is 3.62. The lowest BCUT2D eigenvalue weighted by Gasteiger charge is -2.05. The van der Waals surface area contributed by atoms with E-state index in [0.29, 0.717) is 0 Å². The number of carbonyl (C=O) groups is 2. The third-order valence-electron chi connectivity index (χ3n) is 2.06. The molecule has 1 aromatic heterocycles. The number of rotatable bonds is 3. The van der Waals surface area contributed by atoms with Crippen LogP contribution in [0.25, 0.3) is 0 Å². The third-order valence-corrected chi connectivity index (χ3v) is 4.02. The molecule has 0 aromatic carbocycles. The molecule has 0 radical (unpaired) electrons. The summed E-state index contributed by atoms with van der Waals surface area (Å²) in [5, 5.41) is 6.65. The lowest BCUT2D eigenvalue weighted by atomic mass is 10.3. The summed E-state index contributed by atoms with van der Waals surface area (Å²) in [6.07, 6.45) is 0. The first-order valence-electron chi connectivity index (χ1n) is 4.75. The van der Waals surface area contributed by atoms with E-state index >= 15 is 0 Å². The number of hydrogen-bond donors (Lipinski definition) is 1. The van der Waals surface area contributed by atoms with Crippen molar-refractivity contribution in [3.63, 3.8) is 0 Å². The minimum atomic E-state index is -3.97. The number of aromatic nitrogens is 1. The molecule has 0 saturated heterocycles. The van der Waals surface area contributed by atoms with Crippen molar-refractivity contribution in [2.24, 2.45) is 0 Å². The Labute approximate surface area is 98.2 Å². The molecule has 1 rings (SSSR count). The van der Waals surface area contributed by atoms with Crippen LogP contribution >= 0.6 is 0 Å². The summed E-state index contributed by atoms with van der Waals surface area (Å²) >= 11 is 0. The van der Waals surface area contributed by atoms with Gasteiger partial charge < -0.3 is 5.11 Å². The van der Waals surface area contributed by atoms with E-state index in [9.17, 15) is 18.0 Å². The van der Waals surface area contributed by atoms with Crippen LogP contribution in [0.2, 0.25) is 0 Å². The third kappa shape index (κ3) is 2.68. The fourth-order valence-corrected chi connectivity index (χ4v) is 1.86. The van der Waals surface area contributed by atoms with E-state index in [1.54, 1.807) is 0 Å². The summed E-state index contributed by atoms with van der Waals surface area (Å²) in [4.78, 5) is 25.8. The monoisotopic (exact) mass is 257 g/mol. The molecule has 0 fully saturated rings. The minimum absolute atomic E-state index is 0.366. The molecule has 0 unspecified atom stereocenters. The average Bonchev–Trinajstić information content (AvgIpc) is 2.27. The van der Waals surface area contributed by atoms with Crippen molar-refractivity contribution in [3.05, 3.63) is 29.6 Å². The Hall–Kier alpha value is -1.76. The fourth-order valence-electron chi connectivity index (χ4n) is 1.03. The molecule has 0 aliphatic carbocycles. The highest BCUT2D eigenvalue weighted by Gasteiger charge is 2.29. The standard InChI is InChI=1S/C10H11NO5S/c1-6(2)17(15,16)10(14)8-5-3-4-7(11-8)9(12)13/h3-6H,1-2H3,(H,12,13). The molecule has 1 N–H and O–H groups in total. The smallest absolute Gasteiger partial charge is 0.354 e. The van der Waals surface area contributed by atoms with E-state index in [1.807, 2.05) is 0 Å². The zero-order valence-electron chi connectivity index (χ0n) is 9.25. The summed E-state index contributed by atoms with van der Waals surface area (Å²) in [6, 6.07) is 3.63. The number of sulfone groups is 1. The van der Waals surface area contributed by atoms with Crippen molar-refractivity contribution in [2.45, 2.75) is 19.1 Å². The predicted molar refractivity (Wildman–Crippen MR) is 59.6 cm³/mol. The second kappa shape index (κ2) is 4.62. The Bertz CT molecular complexity index is 562. The molecule has 0 atom stereocenters. The maximum absolute atomic E-state index is 11.6. The SMILES string of the molecule is CC(C)S(=O)(=O)C(=O)c1cccc(C(=O)O)n1.